The van der Waals surface area contributed by atoms with Crippen molar-refractivity contribution < 1.29 is 9.18 Å². The smallest absolute Gasteiger partial charge is 0.270 e. The van der Waals surface area contributed by atoms with Gasteiger partial charge in [0.25, 0.3) is 5.91 Å². The summed E-state index contributed by atoms with van der Waals surface area (Å²) >= 11 is 6.01. The van der Waals surface area contributed by atoms with Crippen LogP contribution < -0.4 is 5.32 Å². The molecule has 0 fully saturated rings. The molecule has 0 spiro atoms. The highest BCUT2D eigenvalue weighted by Crippen LogP contribution is 2.23. The van der Waals surface area contributed by atoms with Gasteiger partial charge in [0.1, 0.15) is 11.5 Å². The average molecular weight is 450 g/mol. The number of nitrogens with zero attached hydrogens (tertiary/aromatic N) is 4. The monoisotopic (exact) mass is 449 g/mol. The lowest BCUT2D eigenvalue weighted by molar-refractivity contribution is 0.0948. The molecule has 0 aliphatic rings. The summed E-state index contributed by atoms with van der Waals surface area (Å²) in [4.78, 5) is 21.9. The van der Waals surface area contributed by atoms with Gasteiger partial charge in [-0.1, -0.05) is 35.9 Å². The van der Waals surface area contributed by atoms with Gasteiger partial charge in [-0.15, -0.1) is 0 Å². The summed E-state index contributed by atoms with van der Waals surface area (Å²) in [6.45, 7) is 0.471. The van der Waals surface area contributed by atoms with Crippen molar-refractivity contribution in [3.8, 4) is 22.6 Å². The molecular formula is C24H21ClFN5O. The Labute approximate surface area is 190 Å². The van der Waals surface area contributed by atoms with E-state index in [0.29, 0.717) is 28.6 Å². The van der Waals surface area contributed by atoms with Crippen LogP contribution in [-0.2, 0) is 13.5 Å². The van der Waals surface area contributed by atoms with Gasteiger partial charge in [0.05, 0.1) is 17.5 Å². The van der Waals surface area contributed by atoms with Gasteiger partial charge in [-0.25, -0.2) is 14.4 Å². The van der Waals surface area contributed by atoms with Crippen LogP contribution >= 0.6 is 11.6 Å². The maximum Gasteiger partial charge on any atom is 0.270 e. The van der Waals surface area contributed by atoms with Gasteiger partial charge in [0.2, 0.25) is 0 Å². The zero-order valence-electron chi connectivity index (χ0n) is 17.4. The van der Waals surface area contributed by atoms with Crippen LogP contribution in [-0.4, -0.2) is 32.2 Å². The minimum atomic E-state index is -0.285. The third-order valence-corrected chi connectivity index (χ3v) is 5.15. The summed E-state index contributed by atoms with van der Waals surface area (Å²) in [6.07, 6.45) is 4.92. The fraction of sp³-hybridized carbons (Fsp3) is 0.167. The number of halogens is 2. The zero-order chi connectivity index (χ0) is 22.5. The van der Waals surface area contributed by atoms with Gasteiger partial charge in [-0.3, -0.25) is 9.48 Å². The molecule has 0 saturated heterocycles. The van der Waals surface area contributed by atoms with Gasteiger partial charge >= 0.3 is 0 Å². The van der Waals surface area contributed by atoms with E-state index in [2.05, 4.69) is 20.4 Å². The fourth-order valence-electron chi connectivity index (χ4n) is 3.23. The molecule has 8 heteroatoms. The molecule has 2 aromatic carbocycles. The molecule has 32 heavy (non-hydrogen) atoms. The average Bonchev–Trinajstić information content (AvgIpc) is 3.24. The van der Waals surface area contributed by atoms with Crippen molar-refractivity contribution in [1.82, 2.24) is 25.1 Å². The second-order valence-electron chi connectivity index (χ2n) is 7.36. The van der Waals surface area contributed by atoms with Crippen molar-refractivity contribution in [2.45, 2.75) is 12.8 Å². The van der Waals surface area contributed by atoms with Crippen LogP contribution in [0.4, 0.5) is 4.39 Å². The summed E-state index contributed by atoms with van der Waals surface area (Å²) in [7, 11) is 1.81. The van der Waals surface area contributed by atoms with Crippen LogP contribution in [0.5, 0.6) is 0 Å². The quantitative estimate of drug-likeness (QED) is 0.415. The number of aryl methyl sites for hydroxylation is 2. The van der Waals surface area contributed by atoms with Gasteiger partial charge in [-0.2, -0.15) is 5.10 Å². The first-order valence-electron chi connectivity index (χ1n) is 10.1. The standard InChI is InChI=1S/C24H21ClFN5O/c1-31-15-18(14-28-31)23-29-21(17-6-8-19(25)9-7-17)13-22(30-23)24(32)27-12-2-3-16-4-10-20(26)11-5-16/h4-11,13-15H,2-3,12H2,1H3,(H,27,32). The van der Waals surface area contributed by atoms with Crippen molar-refractivity contribution in [2.75, 3.05) is 6.54 Å². The normalized spacial score (nSPS) is 10.8. The number of carbonyl (C=O) groups excluding carboxylic acids is 1. The van der Waals surface area contributed by atoms with Gasteiger partial charge < -0.3 is 5.32 Å². The van der Waals surface area contributed by atoms with E-state index < -0.39 is 0 Å². The highest BCUT2D eigenvalue weighted by Gasteiger charge is 2.15. The minimum absolute atomic E-state index is 0.258. The molecular weight excluding hydrogens is 429 g/mol. The number of aromatic nitrogens is 4. The summed E-state index contributed by atoms with van der Waals surface area (Å²) in [5.74, 6) is -0.124. The van der Waals surface area contributed by atoms with Crippen LogP contribution in [0.15, 0.2) is 67.0 Å². The summed E-state index contributed by atoms with van der Waals surface area (Å²) in [6, 6.07) is 15.3. The van der Waals surface area contributed by atoms with Crippen molar-refractivity contribution in [3.05, 3.63) is 89.1 Å². The molecule has 162 valence electrons. The van der Waals surface area contributed by atoms with E-state index in [1.807, 2.05) is 12.1 Å². The number of amides is 1. The van der Waals surface area contributed by atoms with Crippen molar-refractivity contribution in [2.24, 2.45) is 7.05 Å². The van der Waals surface area contributed by atoms with Crippen molar-refractivity contribution in [3.63, 3.8) is 0 Å². The molecule has 0 radical (unpaired) electrons. The first kappa shape index (κ1) is 21.6. The van der Waals surface area contributed by atoms with Crippen LogP contribution in [0.1, 0.15) is 22.5 Å². The summed E-state index contributed by atoms with van der Waals surface area (Å²) in [5.41, 5.74) is 3.45. The third kappa shape index (κ3) is 5.36. The third-order valence-electron chi connectivity index (χ3n) is 4.90. The van der Waals surface area contributed by atoms with E-state index in [9.17, 15) is 9.18 Å². The molecule has 0 aliphatic heterocycles. The Kier molecular flexibility index (Phi) is 6.56. The lowest BCUT2D eigenvalue weighted by atomic mass is 10.1. The number of hydrogen-bond acceptors (Lipinski definition) is 4. The molecule has 6 nitrogen and oxygen atoms in total. The number of carbonyl (C=O) groups is 1. The highest BCUT2D eigenvalue weighted by atomic mass is 35.5. The van der Waals surface area contributed by atoms with E-state index >= 15 is 0 Å². The predicted octanol–water partition coefficient (Wildman–Crippen LogP) is 4.70. The van der Waals surface area contributed by atoms with E-state index in [0.717, 1.165) is 24.0 Å². The topological polar surface area (TPSA) is 72.7 Å². The molecule has 0 bridgehead atoms. The maximum absolute atomic E-state index is 13.0. The summed E-state index contributed by atoms with van der Waals surface area (Å²) < 4.78 is 14.7. The number of nitrogens with one attached hydrogen (secondary N) is 1. The molecule has 2 heterocycles. The van der Waals surface area contributed by atoms with Crippen LogP contribution in [0.25, 0.3) is 22.6 Å². The number of benzene rings is 2. The summed E-state index contributed by atoms with van der Waals surface area (Å²) in [5, 5.41) is 7.70. The zero-order valence-corrected chi connectivity index (χ0v) is 18.2. The largest absolute Gasteiger partial charge is 0.351 e. The Balaban J connectivity index is 1.52. The minimum Gasteiger partial charge on any atom is -0.351 e. The molecule has 0 saturated carbocycles. The Morgan fingerprint density at radius 2 is 1.81 bits per heavy atom. The second kappa shape index (κ2) is 9.70. The molecule has 0 aliphatic carbocycles. The first-order chi connectivity index (χ1) is 15.5. The second-order valence-corrected chi connectivity index (χ2v) is 7.79. The SMILES string of the molecule is Cn1cc(-c2nc(C(=O)NCCCc3ccc(F)cc3)cc(-c3ccc(Cl)cc3)n2)cn1. The molecule has 0 unspecified atom stereocenters. The van der Waals surface area contributed by atoms with Crippen LogP contribution in [0.3, 0.4) is 0 Å². The van der Waals surface area contributed by atoms with Crippen LogP contribution in [0, 0.1) is 5.82 Å². The molecule has 2 aromatic heterocycles. The Bertz CT molecular complexity index is 1220. The lowest BCUT2D eigenvalue weighted by Crippen LogP contribution is -2.26. The van der Waals surface area contributed by atoms with Crippen molar-refractivity contribution >= 4 is 17.5 Å². The lowest BCUT2D eigenvalue weighted by Gasteiger charge is -2.09. The Morgan fingerprint density at radius 1 is 1.06 bits per heavy atom. The Hall–Kier alpha value is -3.58. The van der Waals surface area contributed by atoms with Gasteiger partial charge in [0, 0.05) is 30.4 Å². The van der Waals surface area contributed by atoms with E-state index in [4.69, 9.17) is 11.6 Å². The van der Waals surface area contributed by atoms with Gasteiger partial charge in [-0.05, 0) is 48.7 Å². The first-order valence-corrected chi connectivity index (χ1v) is 10.5. The number of rotatable bonds is 7. The van der Waals surface area contributed by atoms with E-state index in [1.165, 1.54) is 12.1 Å². The molecule has 4 rings (SSSR count). The van der Waals surface area contributed by atoms with E-state index in [1.54, 1.807) is 54.5 Å². The molecule has 0 atom stereocenters. The number of hydrogen-bond donors (Lipinski definition) is 1. The predicted molar refractivity (Wildman–Crippen MR) is 122 cm³/mol. The highest BCUT2D eigenvalue weighted by molar-refractivity contribution is 6.30. The van der Waals surface area contributed by atoms with Crippen LogP contribution in [0.2, 0.25) is 5.02 Å². The fourth-order valence-corrected chi connectivity index (χ4v) is 3.36. The van der Waals surface area contributed by atoms with E-state index in [-0.39, 0.29) is 17.4 Å². The molecule has 1 N–H and O–H groups in total. The Morgan fingerprint density at radius 3 is 2.50 bits per heavy atom. The van der Waals surface area contributed by atoms with Gasteiger partial charge in [0.15, 0.2) is 5.82 Å². The maximum atomic E-state index is 13.0. The molecule has 1 amide bonds. The molecule has 4 aromatic rings. The van der Waals surface area contributed by atoms with Crippen molar-refractivity contribution in [1.29, 1.82) is 0 Å².